The number of aromatic nitrogens is 1. The van der Waals surface area contributed by atoms with Crippen molar-refractivity contribution in [2.24, 2.45) is 0 Å². The van der Waals surface area contributed by atoms with E-state index < -0.39 is 0 Å². The Kier molecular flexibility index (Phi) is 3.32. The number of nitrogens with zero attached hydrogens (tertiary/aromatic N) is 2. The molecule has 0 fully saturated rings. The number of para-hydroxylation sites is 1. The molecular weight excluding hydrogens is 232 g/mol. The molecule has 0 aliphatic carbocycles. The molecule has 1 unspecified atom stereocenters. The van der Waals surface area contributed by atoms with Gasteiger partial charge in [0, 0.05) is 18.7 Å². The van der Waals surface area contributed by atoms with Gasteiger partial charge in [0.25, 0.3) is 5.91 Å². The average Bonchev–Trinajstić information content (AvgIpc) is 2.90. The van der Waals surface area contributed by atoms with E-state index in [4.69, 9.17) is 0 Å². The minimum Gasteiger partial charge on any atom is -0.508 e. The predicted molar refractivity (Wildman–Crippen MR) is 65.1 cm³/mol. The number of phenolic OH excluding ortho intramolecular Hbond substituents is 1. The van der Waals surface area contributed by atoms with Gasteiger partial charge in [0.15, 0.2) is 5.69 Å². The summed E-state index contributed by atoms with van der Waals surface area (Å²) in [5.74, 6) is -0.0793. The first kappa shape index (κ1) is 12.2. The molecule has 5 heteroatoms. The molecule has 0 saturated heterocycles. The number of carbonyl (C=O) groups is 1. The summed E-state index contributed by atoms with van der Waals surface area (Å²) in [5, 5.41) is 13.4. The van der Waals surface area contributed by atoms with Crippen LogP contribution >= 0.6 is 0 Å². The number of phenols is 1. The zero-order chi connectivity index (χ0) is 13.1. The fourth-order valence-corrected chi connectivity index (χ4v) is 1.73. The van der Waals surface area contributed by atoms with Crippen LogP contribution < -0.4 is 0 Å². The van der Waals surface area contributed by atoms with Crippen LogP contribution in [0.3, 0.4) is 0 Å². The van der Waals surface area contributed by atoms with Crippen LogP contribution in [-0.4, -0.2) is 28.1 Å². The monoisotopic (exact) mass is 246 g/mol. The van der Waals surface area contributed by atoms with Gasteiger partial charge in [-0.1, -0.05) is 23.4 Å². The van der Waals surface area contributed by atoms with Crippen LogP contribution in [0.1, 0.15) is 29.0 Å². The second-order valence-electron chi connectivity index (χ2n) is 4.04. The Balaban J connectivity index is 2.22. The molecule has 1 atom stereocenters. The molecule has 1 heterocycles. The van der Waals surface area contributed by atoms with E-state index in [1.165, 1.54) is 17.2 Å². The summed E-state index contributed by atoms with van der Waals surface area (Å²) in [4.78, 5) is 13.6. The molecule has 94 valence electrons. The standard InChI is InChI=1S/C13H14N2O3/c1-9(10-5-3-4-6-12(10)16)15(2)13(17)11-7-8-18-14-11/h3-9,16H,1-2H3. The summed E-state index contributed by atoms with van der Waals surface area (Å²) < 4.78 is 4.65. The van der Waals surface area contributed by atoms with E-state index in [0.717, 1.165) is 0 Å². The number of rotatable bonds is 3. The van der Waals surface area contributed by atoms with E-state index in [0.29, 0.717) is 5.56 Å². The van der Waals surface area contributed by atoms with E-state index in [9.17, 15) is 9.90 Å². The zero-order valence-electron chi connectivity index (χ0n) is 10.2. The molecule has 0 aliphatic heterocycles. The lowest BCUT2D eigenvalue weighted by molar-refractivity contribution is 0.0731. The van der Waals surface area contributed by atoms with Gasteiger partial charge in [-0.2, -0.15) is 0 Å². The fraction of sp³-hybridized carbons (Fsp3) is 0.231. The van der Waals surface area contributed by atoms with Gasteiger partial charge in [0.1, 0.15) is 12.0 Å². The first-order valence-corrected chi connectivity index (χ1v) is 5.56. The number of benzene rings is 1. The molecule has 0 spiro atoms. The third-order valence-electron chi connectivity index (χ3n) is 2.95. The second kappa shape index (κ2) is 4.91. The summed E-state index contributed by atoms with van der Waals surface area (Å²) >= 11 is 0. The number of hydrogen-bond donors (Lipinski definition) is 1. The van der Waals surface area contributed by atoms with Crippen molar-refractivity contribution in [1.29, 1.82) is 0 Å². The van der Waals surface area contributed by atoms with Gasteiger partial charge in [0.2, 0.25) is 0 Å². The molecule has 5 nitrogen and oxygen atoms in total. The molecule has 1 aromatic carbocycles. The summed E-state index contributed by atoms with van der Waals surface area (Å²) in [6, 6.07) is 8.20. The minimum absolute atomic E-state index is 0.171. The molecular formula is C13H14N2O3. The maximum Gasteiger partial charge on any atom is 0.276 e. The lowest BCUT2D eigenvalue weighted by atomic mass is 10.1. The van der Waals surface area contributed by atoms with Crippen molar-refractivity contribution in [2.45, 2.75) is 13.0 Å². The first-order valence-electron chi connectivity index (χ1n) is 5.56. The van der Waals surface area contributed by atoms with Crippen LogP contribution in [0.4, 0.5) is 0 Å². The summed E-state index contributed by atoms with van der Waals surface area (Å²) in [6.45, 7) is 1.84. The van der Waals surface area contributed by atoms with Gasteiger partial charge in [-0.25, -0.2) is 0 Å². The van der Waals surface area contributed by atoms with Crippen molar-refractivity contribution in [2.75, 3.05) is 7.05 Å². The van der Waals surface area contributed by atoms with E-state index in [2.05, 4.69) is 9.68 Å². The largest absolute Gasteiger partial charge is 0.508 e. The van der Waals surface area contributed by atoms with Crippen LogP contribution in [0.25, 0.3) is 0 Å². The lowest BCUT2D eigenvalue weighted by Gasteiger charge is -2.24. The Morgan fingerprint density at radius 3 is 2.72 bits per heavy atom. The molecule has 18 heavy (non-hydrogen) atoms. The summed E-state index contributed by atoms with van der Waals surface area (Å²) in [5.41, 5.74) is 0.941. The van der Waals surface area contributed by atoms with Crippen molar-refractivity contribution in [3.63, 3.8) is 0 Å². The van der Waals surface area contributed by atoms with Crippen LogP contribution in [0.2, 0.25) is 0 Å². The van der Waals surface area contributed by atoms with Gasteiger partial charge in [-0.05, 0) is 13.0 Å². The molecule has 1 amide bonds. The highest BCUT2D eigenvalue weighted by Gasteiger charge is 2.22. The topological polar surface area (TPSA) is 66.6 Å². The van der Waals surface area contributed by atoms with Crippen molar-refractivity contribution in [3.8, 4) is 5.75 Å². The number of amides is 1. The van der Waals surface area contributed by atoms with Gasteiger partial charge in [-0.15, -0.1) is 0 Å². The van der Waals surface area contributed by atoms with Gasteiger partial charge in [0.05, 0.1) is 6.04 Å². The van der Waals surface area contributed by atoms with Crippen LogP contribution in [-0.2, 0) is 0 Å². The highest BCUT2D eigenvalue weighted by Crippen LogP contribution is 2.27. The van der Waals surface area contributed by atoms with Gasteiger partial charge < -0.3 is 14.5 Å². The van der Waals surface area contributed by atoms with Crippen molar-refractivity contribution >= 4 is 5.91 Å². The van der Waals surface area contributed by atoms with Gasteiger partial charge >= 0.3 is 0 Å². The number of carbonyl (C=O) groups excluding carboxylic acids is 1. The molecule has 1 N–H and O–H groups in total. The van der Waals surface area contributed by atoms with Crippen LogP contribution in [0, 0.1) is 0 Å². The molecule has 0 bridgehead atoms. The summed E-state index contributed by atoms with van der Waals surface area (Å²) in [7, 11) is 1.66. The molecule has 2 rings (SSSR count). The quantitative estimate of drug-likeness (QED) is 0.901. The minimum atomic E-state index is -0.254. The Morgan fingerprint density at radius 1 is 1.39 bits per heavy atom. The SMILES string of the molecule is CC(c1ccccc1O)N(C)C(=O)c1ccon1. The van der Waals surface area contributed by atoms with Crippen LogP contribution in [0.5, 0.6) is 5.75 Å². The van der Waals surface area contributed by atoms with Crippen molar-refractivity contribution in [3.05, 3.63) is 47.9 Å². The Hall–Kier alpha value is -2.30. The van der Waals surface area contributed by atoms with E-state index >= 15 is 0 Å². The highest BCUT2D eigenvalue weighted by atomic mass is 16.5. The molecule has 1 aromatic heterocycles. The van der Waals surface area contributed by atoms with E-state index in [1.807, 2.05) is 13.0 Å². The maximum atomic E-state index is 12.1. The van der Waals surface area contributed by atoms with Crippen LogP contribution in [0.15, 0.2) is 41.1 Å². The zero-order valence-corrected chi connectivity index (χ0v) is 10.2. The molecule has 2 aromatic rings. The van der Waals surface area contributed by atoms with Gasteiger partial charge in [-0.3, -0.25) is 4.79 Å². The Labute approximate surface area is 105 Å². The summed E-state index contributed by atoms with van der Waals surface area (Å²) in [6.07, 6.45) is 1.35. The Bertz CT molecular complexity index is 537. The predicted octanol–water partition coefficient (Wildman–Crippen LogP) is 2.21. The number of hydrogen-bond acceptors (Lipinski definition) is 4. The molecule has 0 aliphatic rings. The third kappa shape index (κ3) is 2.20. The maximum absolute atomic E-state index is 12.1. The average molecular weight is 246 g/mol. The third-order valence-corrected chi connectivity index (χ3v) is 2.95. The fourth-order valence-electron chi connectivity index (χ4n) is 1.73. The smallest absolute Gasteiger partial charge is 0.276 e. The first-order chi connectivity index (χ1) is 8.61. The molecule has 0 saturated carbocycles. The van der Waals surface area contributed by atoms with E-state index in [1.54, 1.807) is 25.2 Å². The number of aromatic hydroxyl groups is 1. The molecule has 0 radical (unpaired) electrons. The van der Waals surface area contributed by atoms with E-state index in [-0.39, 0.29) is 23.4 Å². The highest BCUT2D eigenvalue weighted by molar-refractivity contribution is 5.92. The Morgan fingerprint density at radius 2 is 2.11 bits per heavy atom. The van der Waals surface area contributed by atoms with Crippen molar-refractivity contribution < 1.29 is 14.4 Å². The second-order valence-corrected chi connectivity index (χ2v) is 4.04. The van der Waals surface area contributed by atoms with Crippen molar-refractivity contribution in [1.82, 2.24) is 10.1 Å². The normalized spacial score (nSPS) is 12.1. The lowest BCUT2D eigenvalue weighted by Crippen LogP contribution is -2.29.